The molecule has 6 heteroatoms. The van der Waals surface area contributed by atoms with Crippen molar-refractivity contribution in [1.82, 2.24) is 14.8 Å². The van der Waals surface area contributed by atoms with Gasteiger partial charge in [-0.05, 0) is 48.6 Å². The average Bonchev–Trinajstić information content (AvgIpc) is 3.00. The van der Waals surface area contributed by atoms with Crippen LogP contribution in [-0.4, -0.2) is 57.4 Å². The third-order valence-corrected chi connectivity index (χ3v) is 5.47. The number of phenols is 1. The van der Waals surface area contributed by atoms with Crippen molar-refractivity contribution in [2.75, 3.05) is 19.6 Å². The predicted molar refractivity (Wildman–Crippen MR) is 100 cm³/mol. The van der Waals surface area contributed by atoms with E-state index in [9.17, 15) is 14.7 Å². The van der Waals surface area contributed by atoms with Gasteiger partial charge in [0.05, 0.1) is 6.42 Å². The highest BCUT2D eigenvalue weighted by molar-refractivity contribution is 5.92. The van der Waals surface area contributed by atoms with E-state index in [4.69, 9.17) is 0 Å². The summed E-state index contributed by atoms with van der Waals surface area (Å²) < 4.78 is 0. The van der Waals surface area contributed by atoms with Gasteiger partial charge < -0.3 is 14.9 Å². The molecule has 0 saturated carbocycles. The van der Waals surface area contributed by atoms with E-state index >= 15 is 0 Å². The van der Waals surface area contributed by atoms with Crippen molar-refractivity contribution in [1.29, 1.82) is 0 Å². The van der Waals surface area contributed by atoms with E-state index in [1.807, 2.05) is 21.9 Å². The van der Waals surface area contributed by atoms with Crippen molar-refractivity contribution in [2.24, 2.45) is 5.92 Å². The summed E-state index contributed by atoms with van der Waals surface area (Å²) in [7, 11) is 0. The lowest BCUT2D eigenvalue weighted by molar-refractivity contribution is -0.134. The molecule has 3 aliphatic heterocycles. The number of piperidine rings is 1. The molecule has 4 heterocycles. The third-order valence-electron chi connectivity index (χ3n) is 5.47. The summed E-state index contributed by atoms with van der Waals surface area (Å²) in [5.41, 5.74) is 1.26. The average molecular weight is 365 g/mol. The number of phenolic OH excluding ortho intramolecular Hbond substituents is 1. The fraction of sp³-hybridized carbons (Fsp3) is 0.381. The summed E-state index contributed by atoms with van der Waals surface area (Å²) in [6.45, 7) is 1.91. The van der Waals surface area contributed by atoms with E-state index in [0.717, 1.165) is 18.4 Å². The van der Waals surface area contributed by atoms with E-state index in [1.54, 1.807) is 36.5 Å². The summed E-state index contributed by atoms with van der Waals surface area (Å²) in [6, 6.07) is 12.2. The van der Waals surface area contributed by atoms with Crippen LogP contribution in [0.3, 0.4) is 0 Å². The van der Waals surface area contributed by atoms with Crippen LogP contribution >= 0.6 is 0 Å². The first-order chi connectivity index (χ1) is 13.1. The molecular weight excluding hydrogens is 342 g/mol. The maximum Gasteiger partial charge on any atom is 0.272 e. The van der Waals surface area contributed by atoms with Gasteiger partial charge in [-0.25, -0.2) is 0 Å². The lowest BCUT2D eigenvalue weighted by atomic mass is 9.94. The summed E-state index contributed by atoms with van der Waals surface area (Å²) in [5, 5.41) is 9.62. The second-order valence-electron chi connectivity index (χ2n) is 7.42. The third kappa shape index (κ3) is 3.79. The minimum atomic E-state index is -0.0604. The van der Waals surface area contributed by atoms with Gasteiger partial charge in [0, 0.05) is 31.9 Å². The number of carbonyl (C=O) groups is 2. The topological polar surface area (TPSA) is 73.7 Å². The number of nitrogens with zero attached hydrogens (tertiary/aromatic N) is 3. The van der Waals surface area contributed by atoms with Crippen LogP contribution < -0.4 is 0 Å². The van der Waals surface area contributed by atoms with Crippen LogP contribution in [0.15, 0.2) is 48.7 Å². The highest BCUT2D eigenvalue weighted by Gasteiger charge is 2.38. The highest BCUT2D eigenvalue weighted by atomic mass is 16.3. The van der Waals surface area contributed by atoms with Crippen LogP contribution in [0.4, 0.5) is 0 Å². The van der Waals surface area contributed by atoms with Gasteiger partial charge in [-0.1, -0.05) is 18.2 Å². The Morgan fingerprint density at radius 2 is 1.96 bits per heavy atom. The fourth-order valence-electron chi connectivity index (χ4n) is 4.15. The molecule has 3 fully saturated rings. The summed E-state index contributed by atoms with van der Waals surface area (Å²) in [6.07, 6.45) is 3.85. The molecule has 0 radical (unpaired) electrons. The standard InChI is InChI=1S/C21H23N3O3/c25-18-5-3-4-15(10-18)11-20(26)24-13-16-7-8-17(24)14-23(12-16)21(27)19-6-1-2-9-22-19/h1-6,9-10,16-17,25H,7-8,11-14H2. The highest BCUT2D eigenvalue weighted by Crippen LogP contribution is 2.29. The fourth-order valence-corrected chi connectivity index (χ4v) is 4.15. The smallest absolute Gasteiger partial charge is 0.272 e. The summed E-state index contributed by atoms with van der Waals surface area (Å²) in [4.78, 5) is 33.7. The van der Waals surface area contributed by atoms with E-state index in [1.165, 1.54) is 0 Å². The molecule has 2 amide bonds. The molecule has 1 N–H and O–H groups in total. The maximum absolute atomic E-state index is 12.9. The Balaban J connectivity index is 1.48. The maximum atomic E-state index is 12.9. The Labute approximate surface area is 158 Å². The number of pyridine rings is 1. The van der Waals surface area contributed by atoms with Crippen molar-refractivity contribution in [3.63, 3.8) is 0 Å². The van der Waals surface area contributed by atoms with E-state index < -0.39 is 0 Å². The number of hydrogen-bond acceptors (Lipinski definition) is 4. The van der Waals surface area contributed by atoms with Gasteiger partial charge in [-0.2, -0.15) is 0 Å². The van der Waals surface area contributed by atoms with Crippen LogP contribution in [0, 0.1) is 5.92 Å². The molecule has 2 bridgehead atoms. The van der Waals surface area contributed by atoms with Crippen molar-refractivity contribution >= 4 is 11.8 Å². The van der Waals surface area contributed by atoms with E-state index in [-0.39, 0.29) is 30.0 Å². The number of amides is 2. The SMILES string of the molecule is O=C(c1ccccn1)N1CC2CCC(C1)N(C(=O)Cc1cccc(O)c1)C2. The normalized spacial score (nSPS) is 21.8. The minimum absolute atomic E-state index is 0.0428. The first-order valence-corrected chi connectivity index (χ1v) is 9.38. The molecule has 0 aliphatic carbocycles. The number of benzene rings is 1. The molecule has 6 nitrogen and oxygen atoms in total. The van der Waals surface area contributed by atoms with Gasteiger partial charge in [0.1, 0.15) is 11.4 Å². The molecule has 140 valence electrons. The van der Waals surface area contributed by atoms with Gasteiger partial charge >= 0.3 is 0 Å². The van der Waals surface area contributed by atoms with Crippen LogP contribution in [0.25, 0.3) is 0 Å². The number of hydrogen-bond donors (Lipinski definition) is 1. The molecule has 0 spiro atoms. The molecule has 3 saturated heterocycles. The second-order valence-corrected chi connectivity index (χ2v) is 7.42. The van der Waals surface area contributed by atoms with Crippen LogP contribution in [0.5, 0.6) is 5.75 Å². The minimum Gasteiger partial charge on any atom is -0.508 e. The molecule has 2 aromatic rings. The Kier molecular flexibility index (Phi) is 4.79. The Bertz CT molecular complexity index is 840. The van der Waals surface area contributed by atoms with Crippen molar-refractivity contribution in [3.8, 4) is 5.75 Å². The molecule has 3 aliphatic rings. The van der Waals surface area contributed by atoms with Gasteiger partial charge in [0.25, 0.3) is 5.91 Å². The van der Waals surface area contributed by atoms with Gasteiger partial charge in [-0.3, -0.25) is 14.6 Å². The summed E-state index contributed by atoms with van der Waals surface area (Å²) >= 11 is 0. The lowest BCUT2D eigenvalue weighted by Gasteiger charge is -2.36. The molecule has 2 atom stereocenters. The zero-order chi connectivity index (χ0) is 18.8. The molecule has 2 unspecified atom stereocenters. The zero-order valence-electron chi connectivity index (χ0n) is 15.1. The predicted octanol–water partition coefficient (Wildman–Crippen LogP) is 2.09. The molecule has 1 aromatic heterocycles. The Hall–Kier alpha value is -2.89. The zero-order valence-corrected chi connectivity index (χ0v) is 15.1. The quantitative estimate of drug-likeness (QED) is 0.904. The van der Waals surface area contributed by atoms with Crippen LogP contribution in [0.2, 0.25) is 0 Å². The first kappa shape index (κ1) is 17.5. The lowest BCUT2D eigenvalue weighted by Crippen LogP contribution is -2.48. The second kappa shape index (κ2) is 7.39. The Morgan fingerprint density at radius 3 is 2.74 bits per heavy atom. The molecule has 27 heavy (non-hydrogen) atoms. The Morgan fingerprint density at radius 1 is 1.07 bits per heavy atom. The number of fused-ring (bicyclic) bond motifs is 4. The number of carbonyl (C=O) groups excluding carboxylic acids is 2. The molecule has 1 aromatic carbocycles. The largest absolute Gasteiger partial charge is 0.508 e. The van der Waals surface area contributed by atoms with E-state index in [2.05, 4.69) is 4.98 Å². The molecule has 5 rings (SSSR count). The number of aromatic hydroxyl groups is 1. The van der Waals surface area contributed by atoms with Crippen LogP contribution in [-0.2, 0) is 11.2 Å². The van der Waals surface area contributed by atoms with E-state index in [0.29, 0.717) is 31.2 Å². The van der Waals surface area contributed by atoms with Gasteiger partial charge in [0.15, 0.2) is 0 Å². The molecular formula is C21H23N3O3. The number of rotatable bonds is 3. The summed E-state index contributed by atoms with van der Waals surface area (Å²) in [5.74, 6) is 0.464. The van der Waals surface area contributed by atoms with Crippen molar-refractivity contribution < 1.29 is 14.7 Å². The number of aromatic nitrogens is 1. The van der Waals surface area contributed by atoms with Gasteiger partial charge in [0.2, 0.25) is 5.91 Å². The van der Waals surface area contributed by atoms with Crippen LogP contribution in [0.1, 0.15) is 28.9 Å². The van der Waals surface area contributed by atoms with Crippen molar-refractivity contribution in [3.05, 3.63) is 59.9 Å². The monoisotopic (exact) mass is 365 g/mol. The van der Waals surface area contributed by atoms with Gasteiger partial charge in [-0.15, -0.1) is 0 Å². The first-order valence-electron chi connectivity index (χ1n) is 9.38. The van der Waals surface area contributed by atoms with Crippen molar-refractivity contribution in [2.45, 2.75) is 25.3 Å².